The molecule has 3 heteroatoms. The largest absolute Gasteiger partial charge is 0.398 e. The Balaban J connectivity index is 2.00. The predicted molar refractivity (Wildman–Crippen MR) is 75.6 cm³/mol. The zero-order chi connectivity index (χ0) is 13.0. The second kappa shape index (κ2) is 5.89. The fraction of sp³-hybridized carbons (Fsp3) is 0.200. The molecule has 0 radical (unpaired) electrons. The van der Waals surface area contributed by atoms with Crippen molar-refractivity contribution in [1.29, 1.82) is 0 Å². The standard InChI is InChI=1S/C15H16ClNO/c16-12-5-3-4-11(10-12)8-9-15(18)13-6-1-2-7-14(13)17/h1-7,10,15,18H,8-9,17H2. The van der Waals surface area contributed by atoms with E-state index in [9.17, 15) is 5.11 Å². The summed E-state index contributed by atoms with van der Waals surface area (Å²) < 4.78 is 0. The second-order valence-electron chi connectivity index (χ2n) is 4.31. The molecule has 0 heterocycles. The molecule has 3 N–H and O–H groups in total. The van der Waals surface area contributed by atoms with E-state index in [1.807, 2.05) is 42.5 Å². The van der Waals surface area contributed by atoms with Crippen molar-refractivity contribution >= 4 is 17.3 Å². The Kier molecular flexibility index (Phi) is 4.24. The fourth-order valence-electron chi connectivity index (χ4n) is 1.97. The van der Waals surface area contributed by atoms with Crippen LogP contribution in [-0.2, 0) is 6.42 Å². The van der Waals surface area contributed by atoms with Gasteiger partial charge < -0.3 is 10.8 Å². The lowest BCUT2D eigenvalue weighted by atomic mass is 10.0. The van der Waals surface area contributed by atoms with Gasteiger partial charge in [0.2, 0.25) is 0 Å². The van der Waals surface area contributed by atoms with Crippen LogP contribution in [0.5, 0.6) is 0 Å². The Morgan fingerprint density at radius 3 is 2.61 bits per heavy atom. The highest BCUT2D eigenvalue weighted by atomic mass is 35.5. The number of halogens is 1. The molecule has 0 amide bonds. The number of aliphatic hydroxyl groups is 1. The first-order valence-electron chi connectivity index (χ1n) is 5.94. The number of para-hydroxylation sites is 1. The number of nitrogen functional groups attached to an aromatic ring is 1. The lowest BCUT2D eigenvalue weighted by Crippen LogP contribution is -2.03. The molecule has 0 bridgehead atoms. The van der Waals surface area contributed by atoms with Gasteiger partial charge in [-0.25, -0.2) is 0 Å². The predicted octanol–water partition coefficient (Wildman–Crippen LogP) is 3.59. The summed E-state index contributed by atoms with van der Waals surface area (Å²) in [5, 5.41) is 10.8. The second-order valence-corrected chi connectivity index (χ2v) is 4.75. The first-order valence-corrected chi connectivity index (χ1v) is 6.31. The molecule has 2 aromatic rings. The van der Waals surface area contributed by atoms with E-state index >= 15 is 0 Å². The van der Waals surface area contributed by atoms with Crippen molar-refractivity contribution in [2.24, 2.45) is 0 Å². The van der Waals surface area contributed by atoms with E-state index in [4.69, 9.17) is 17.3 Å². The average Bonchev–Trinajstić information content (AvgIpc) is 2.37. The maximum atomic E-state index is 10.1. The third kappa shape index (κ3) is 3.25. The van der Waals surface area contributed by atoms with Crippen LogP contribution in [0.15, 0.2) is 48.5 Å². The monoisotopic (exact) mass is 261 g/mol. The molecule has 0 aliphatic rings. The SMILES string of the molecule is Nc1ccccc1C(O)CCc1cccc(Cl)c1. The molecule has 0 saturated carbocycles. The van der Waals surface area contributed by atoms with E-state index < -0.39 is 6.10 Å². The van der Waals surface area contributed by atoms with Gasteiger partial charge in [0.05, 0.1) is 6.10 Å². The van der Waals surface area contributed by atoms with Gasteiger partial charge in [0.1, 0.15) is 0 Å². The van der Waals surface area contributed by atoms with E-state index in [2.05, 4.69) is 0 Å². The topological polar surface area (TPSA) is 46.2 Å². The Morgan fingerprint density at radius 2 is 1.89 bits per heavy atom. The molecule has 0 saturated heterocycles. The minimum absolute atomic E-state index is 0.537. The van der Waals surface area contributed by atoms with Crippen LogP contribution in [0.1, 0.15) is 23.7 Å². The number of aryl methyl sites for hydroxylation is 1. The van der Waals surface area contributed by atoms with Crippen molar-refractivity contribution < 1.29 is 5.11 Å². The summed E-state index contributed by atoms with van der Waals surface area (Å²) >= 11 is 5.92. The van der Waals surface area contributed by atoms with Crippen LogP contribution in [0.3, 0.4) is 0 Å². The normalized spacial score (nSPS) is 12.3. The number of nitrogens with two attached hydrogens (primary N) is 1. The summed E-state index contributed by atoms with van der Waals surface area (Å²) in [5.41, 5.74) is 8.38. The van der Waals surface area contributed by atoms with Crippen molar-refractivity contribution in [2.45, 2.75) is 18.9 Å². The summed E-state index contributed by atoms with van der Waals surface area (Å²) in [5.74, 6) is 0. The van der Waals surface area contributed by atoms with Crippen LogP contribution in [0.4, 0.5) is 5.69 Å². The van der Waals surface area contributed by atoms with Crippen LogP contribution in [0.25, 0.3) is 0 Å². The molecule has 0 aliphatic heterocycles. The quantitative estimate of drug-likeness (QED) is 0.827. The Labute approximate surface area is 112 Å². The molecule has 0 aromatic heterocycles. The van der Waals surface area contributed by atoms with Gasteiger partial charge in [-0.1, -0.05) is 41.9 Å². The zero-order valence-corrected chi connectivity index (χ0v) is 10.8. The summed E-state index contributed by atoms with van der Waals surface area (Å²) in [7, 11) is 0. The minimum Gasteiger partial charge on any atom is -0.398 e. The number of aliphatic hydroxyl groups excluding tert-OH is 1. The smallest absolute Gasteiger partial charge is 0.0813 e. The molecule has 2 nitrogen and oxygen atoms in total. The van der Waals surface area contributed by atoms with Crippen LogP contribution < -0.4 is 5.73 Å². The van der Waals surface area contributed by atoms with Crippen molar-refractivity contribution in [3.63, 3.8) is 0 Å². The highest BCUT2D eigenvalue weighted by molar-refractivity contribution is 6.30. The fourth-order valence-corrected chi connectivity index (χ4v) is 2.18. The van der Waals surface area contributed by atoms with E-state index in [-0.39, 0.29) is 0 Å². The maximum absolute atomic E-state index is 10.1. The van der Waals surface area contributed by atoms with Crippen molar-refractivity contribution in [1.82, 2.24) is 0 Å². The summed E-state index contributed by atoms with van der Waals surface area (Å²) in [6.45, 7) is 0. The molecule has 18 heavy (non-hydrogen) atoms. The van der Waals surface area contributed by atoms with Gasteiger partial charge in [0.15, 0.2) is 0 Å². The first kappa shape index (κ1) is 12.9. The van der Waals surface area contributed by atoms with Gasteiger partial charge in [-0.2, -0.15) is 0 Å². The summed E-state index contributed by atoms with van der Waals surface area (Å²) in [6, 6.07) is 15.1. The molecular weight excluding hydrogens is 246 g/mol. The Hall–Kier alpha value is -1.51. The lowest BCUT2D eigenvalue weighted by molar-refractivity contribution is 0.168. The summed E-state index contributed by atoms with van der Waals surface area (Å²) in [4.78, 5) is 0. The van der Waals surface area contributed by atoms with E-state index in [1.54, 1.807) is 6.07 Å². The van der Waals surface area contributed by atoms with Crippen molar-refractivity contribution in [3.8, 4) is 0 Å². The van der Waals surface area contributed by atoms with E-state index in [0.29, 0.717) is 12.1 Å². The van der Waals surface area contributed by atoms with Gasteiger partial charge in [-0.05, 0) is 36.6 Å². The molecule has 94 valence electrons. The molecule has 2 aromatic carbocycles. The molecule has 1 unspecified atom stereocenters. The van der Waals surface area contributed by atoms with Crippen LogP contribution in [-0.4, -0.2) is 5.11 Å². The van der Waals surface area contributed by atoms with Gasteiger partial charge in [0.25, 0.3) is 0 Å². The van der Waals surface area contributed by atoms with Gasteiger partial charge >= 0.3 is 0 Å². The van der Waals surface area contributed by atoms with Crippen LogP contribution in [0, 0.1) is 0 Å². The zero-order valence-electron chi connectivity index (χ0n) is 10.0. The number of hydrogen-bond donors (Lipinski definition) is 2. The molecule has 1 atom stereocenters. The van der Waals surface area contributed by atoms with Crippen molar-refractivity contribution in [3.05, 3.63) is 64.7 Å². The highest BCUT2D eigenvalue weighted by Gasteiger charge is 2.10. The number of hydrogen-bond acceptors (Lipinski definition) is 2. The molecule has 2 rings (SSSR count). The maximum Gasteiger partial charge on any atom is 0.0813 e. The first-order chi connectivity index (χ1) is 8.66. The minimum atomic E-state index is -0.537. The Bertz CT molecular complexity index is 527. The van der Waals surface area contributed by atoms with Crippen LogP contribution >= 0.6 is 11.6 Å². The molecule has 0 fully saturated rings. The Morgan fingerprint density at radius 1 is 1.11 bits per heavy atom. The van der Waals surface area contributed by atoms with Crippen LogP contribution in [0.2, 0.25) is 5.02 Å². The third-order valence-corrected chi connectivity index (χ3v) is 3.19. The number of anilines is 1. The molecule has 0 aliphatic carbocycles. The summed E-state index contributed by atoms with van der Waals surface area (Å²) in [6.07, 6.45) is 0.870. The van der Waals surface area contributed by atoms with E-state index in [0.717, 1.165) is 22.6 Å². The van der Waals surface area contributed by atoms with Gasteiger partial charge in [-0.15, -0.1) is 0 Å². The molecular formula is C15H16ClNO. The number of benzene rings is 2. The van der Waals surface area contributed by atoms with E-state index in [1.165, 1.54) is 0 Å². The average molecular weight is 262 g/mol. The van der Waals surface area contributed by atoms with Gasteiger partial charge in [0, 0.05) is 16.3 Å². The molecule has 0 spiro atoms. The lowest BCUT2D eigenvalue weighted by Gasteiger charge is -2.13. The van der Waals surface area contributed by atoms with Gasteiger partial charge in [-0.3, -0.25) is 0 Å². The third-order valence-electron chi connectivity index (χ3n) is 2.95. The highest BCUT2D eigenvalue weighted by Crippen LogP contribution is 2.24. The van der Waals surface area contributed by atoms with Crippen molar-refractivity contribution in [2.75, 3.05) is 5.73 Å². The number of rotatable bonds is 4.